The smallest absolute Gasteiger partial charge is 0.271 e. The summed E-state index contributed by atoms with van der Waals surface area (Å²) in [5, 5.41) is 32.2. The zero-order valence-electron chi connectivity index (χ0n) is 11.9. The first-order chi connectivity index (χ1) is 10.9. The van der Waals surface area contributed by atoms with Gasteiger partial charge in [0.15, 0.2) is 11.5 Å². The van der Waals surface area contributed by atoms with Crippen LogP contribution in [-0.2, 0) is 0 Å². The van der Waals surface area contributed by atoms with Crippen LogP contribution in [0.5, 0.6) is 23.0 Å². The van der Waals surface area contributed by atoms with Gasteiger partial charge >= 0.3 is 0 Å². The van der Waals surface area contributed by atoms with Crippen LogP contribution in [0.4, 0.5) is 0 Å². The number of halogens is 1. The van der Waals surface area contributed by atoms with Gasteiger partial charge in [0.05, 0.1) is 13.3 Å². The van der Waals surface area contributed by atoms with E-state index in [4.69, 9.17) is 4.74 Å². The highest BCUT2D eigenvalue weighted by Gasteiger charge is 2.09. The lowest BCUT2D eigenvalue weighted by atomic mass is 10.2. The maximum absolute atomic E-state index is 11.9. The van der Waals surface area contributed by atoms with E-state index in [1.165, 1.54) is 31.5 Å². The van der Waals surface area contributed by atoms with Crippen molar-refractivity contribution in [2.24, 2.45) is 5.10 Å². The molecule has 1 amide bonds. The minimum Gasteiger partial charge on any atom is -0.508 e. The summed E-state index contributed by atoms with van der Waals surface area (Å²) < 4.78 is 5.57. The van der Waals surface area contributed by atoms with Gasteiger partial charge in [-0.1, -0.05) is 0 Å². The first-order valence-corrected chi connectivity index (χ1v) is 7.13. The van der Waals surface area contributed by atoms with Crippen LogP contribution in [0.3, 0.4) is 0 Å². The van der Waals surface area contributed by atoms with Crippen LogP contribution in [-0.4, -0.2) is 34.6 Å². The number of nitrogens with one attached hydrogen (secondary N) is 1. The predicted molar refractivity (Wildman–Crippen MR) is 87.2 cm³/mol. The van der Waals surface area contributed by atoms with Crippen LogP contribution in [0.25, 0.3) is 0 Å². The fraction of sp³-hybridized carbons (Fsp3) is 0.0667. The number of amides is 1. The van der Waals surface area contributed by atoms with E-state index in [1.807, 2.05) is 0 Å². The average molecular weight is 381 g/mol. The van der Waals surface area contributed by atoms with Crippen molar-refractivity contribution >= 4 is 28.1 Å². The Morgan fingerprint density at radius 3 is 2.43 bits per heavy atom. The summed E-state index contributed by atoms with van der Waals surface area (Å²) >= 11 is 3.29. The summed E-state index contributed by atoms with van der Waals surface area (Å²) in [4.78, 5) is 11.9. The molecule has 0 aliphatic carbocycles. The van der Waals surface area contributed by atoms with Gasteiger partial charge in [0, 0.05) is 21.7 Å². The SMILES string of the molecule is COc1cc(Br)c(/C=N\NC(=O)c2cc(O)cc(O)c2)cc1O. The Hall–Kier alpha value is -2.74. The van der Waals surface area contributed by atoms with Gasteiger partial charge in [-0.15, -0.1) is 0 Å². The average Bonchev–Trinajstić information content (AvgIpc) is 2.49. The molecule has 8 heteroatoms. The maximum Gasteiger partial charge on any atom is 0.271 e. The number of phenols is 3. The van der Waals surface area contributed by atoms with Crippen molar-refractivity contribution in [2.75, 3.05) is 7.11 Å². The molecule has 0 aliphatic rings. The second-order valence-corrected chi connectivity index (χ2v) is 5.34. The van der Waals surface area contributed by atoms with Crippen molar-refractivity contribution in [2.45, 2.75) is 0 Å². The van der Waals surface area contributed by atoms with Crippen LogP contribution < -0.4 is 10.2 Å². The van der Waals surface area contributed by atoms with E-state index in [1.54, 1.807) is 6.07 Å². The van der Waals surface area contributed by atoms with Crippen molar-refractivity contribution in [1.82, 2.24) is 5.43 Å². The third kappa shape index (κ3) is 4.13. The maximum atomic E-state index is 11.9. The zero-order chi connectivity index (χ0) is 17.0. The molecule has 0 fully saturated rings. The Morgan fingerprint density at radius 2 is 1.83 bits per heavy atom. The molecule has 0 saturated carbocycles. The number of ether oxygens (including phenoxy) is 1. The van der Waals surface area contributed by atoms with Crippen molar-refractivity contribution in [3.8, 4) is 23.0 Å². The second kappa shape index (κ2) is 7.01. The summed E-state index contributed by atoms with van der Waals surface area (Å²) in [7, 11) is 1.43. The monoisotopic (exact) mass is 380 g/mol. The van der Waals surface area contributed by atoms with Gasteiger partial charge in [-0.05, 0) is 40.2 Å². The molecule has 2 aromatic carbocycles. The lowest BCUT2D eigenvalue weighted by Crippen LogP contribution is -2.17. The minimum absolute atomic E-state index is 0.0521. The third-order valence-electron chi connectivity index (χ3n) is 2.83. The van der Waals surface area contributed by atoms with Gasteiger partial charge in [0.2, 0.25) is 0 Å². The molecule has 2 aromatic rings. The fourth-order valence-electron chi connectivity index (χ4n) is 1.77. The van der Waals surface area contributed by atoms with Crippen LogP contribution in [0.15, 0.2) is 39.9 Å². The molecular formula is C15H13BrN2O5. The summed E-state index contributed by atoms with van der Waals surface area (Å²) in [5.74, 6) is -0.847. The number of aromatic hydroxyl groups is 3. The Morgan fingerprint density at radius 1 is 1.17 bits per heavy atom. The summed E-state index contributed by atoms with van der Waals surface area (Å²) in [6, 6.07) is 6.47. The van der Waals surface area contributed by atoms with Crippen molar-refractivity contribution in [3.63, 3.8) is 0 Å². The van der Waals surface area contributed by atoms with Gasteiger partial charge in [0.1, 0.15) is 11.5 Å². The molecule has 0 unspecified atom stereocenters. The largest absolute Gasteiger partial charge is 0.508 e. The molecular weight excluding hydrogens is 368 g/mol. The molecule has 0 radical (unpaired) electrons. The van der Waals surface area contributed by atoms with Gasteiger partial charge in [-0.3, -0.25) is 4.79 Å². The molecule has 7 nitrogen and oxygen atoms in total. The molecule has 0 heterocycles. The molecule has 2 rings (SSSR count). The Kier molecular flexibility index (Phi) is 5.07. The second-order valence-electron chi connectivity index (χ2n) is 4.48. The molecule has 23 heavy (non-hydrogen) atoms. The first-order valence-electron chi connectivity index (χ1n) is 6.33. The highest BCUT2D eigenvalue weighted by atomic mass is 79.9. The molecule has 0 saturated heterocycles. The Labute approximate surface area is 140 Å². The fourth-order valence-corrected chi connectivity index (χ4v) is 2.20. The summed E-state index contributed by atoms with van der Waals surface area (Å²) in [6.07, 6.45) is 1.32. The lowest BCUT2D eigenvalue weighted by molar-refractivity contribution is 0.0954. The number of hydrogen-bond acceptors (Lipinski definition) is 6. The number of hydrogen-bond donors (Lipinski definition) is 4. The summed E-state index contributed by atoms with van der Waals surface area (Å²) in [6.45, 7) is 0. The zero-order valence-corrected chi connectivity index (χ0v) is 13.5. The predicted octanol–water partition coefficient (Wildman–Crippen LogP) is 2.34. The van der Waals surface area contributed by atoms with E-state index < -0.39 is 5.91 Å². The molecule has 0 aliphatic heterocycles. The quantitative estimate of drug-likeness (QED) is 0.480. The Balaban J connectivity index is 2.12. The minimum atomic E-state index is -0.610. The molecule has 0 spiro atoms. The number of benzene rings is 2. The van der Waals surface area contributed by atoms with E-state index in [0.717, 1.165) is 6.07 Å². The normalized spacial score (nSPS) is 10.7. The number of carbonyl (C=O) groups is 1. The van der Waals surface area contributed by atoms with Gasteiger partial charge in [-0.25, -0.2) is 5.43 Å². The molecule has 0 bridgehead atoms. The Bertz CT molecular complexity index is 756. The van der Waals surface area contributed by atoms with Crippen molar-refractivity contribution < 1.29 is 24.9 Å². The number of carbonyl (C=O) groups excluding carboxylic acids is 1. The number of phenolic OH excluding ortho intramolecular Hbond substituents is 3. The lowest BCUT2D eigenvalue weighted by Gasteiger charge is -2.06. The number of rotatable bonds is 4. The number of hydrazone groups is 1. The van der Waals surface area contributed by atoms with E-state index in [0.29, 0.717) is 15.8 Å². The highest BCUT2D eigenvalue weighted by Crippen LogP contribution is 2.31. The first kappa shape index (κ1) is 16.6. The highest BCUT2D eigenvalue weighted by molar-refractivity contribution is 9.10. The molecule has 0 aromatic heterocycles. The van der Waals surface area contributed by atoms with Crippen LogP contribution >= 0.6 is 15.9 Å². The van der Waals surface area contributed by atoms with Crippen molar-refractivity contribution in [1.29, 1.82) is 0 Å². The molecule has 0 atom stereocenters. The standard InChI is InChI=1S/C15H13BrN2O5/c1-23-14-6-12(16)9(4-13(14)21)7-17-18-15(22)8-2-10(19)5-11(20)3-8/h2-7,19-21H,1H3,(H,18,22)/b17-7-. The third-order valence-corrected chi connectivity index (χ3v) is 3.52. The molecule has 4 N–H and O–H groups in total. The van der Waals surface area contributed by atoms with E-state index in [-0.39, 0.29) is 22.8 Å². The van der Waals surface area contributed by atoms with E-state index in [9.17, 15) is 20.1 Å². The number of methoxy groups -OCH3 is 1. The van der Waals surface area contributed by atoms with E-state index in [2.05, 4.69) is 26.5 Å². The van der Waals surface area contributed by atoms with E-state index >= 15 is 0 Å². The molecule has 120 valence electrons. The summed E-state index contributed by atoms with van der Waals surface area (Å²) in [5.41, 5.74) is 2.82. The number of nitrogens with zero attached hydrogens (tertiary/aromatic N) is 1. The topological polar surface area (TPSA) is 111 Å². The van der Waals surface area contributed by atoms with Crippen molar-refractivity contribution in [3.05, 3.63) is 45.9 Å². The van der Waals surface area contributed by atoms with Gasteiger partial charge in [-0.2, -0.15) is 5.10 Å². The van der Waals surface area contributed by atoms with Crippen LogP contribution in [0.2, 0.25) is 0 Å². The van der Waals surface area contributed by atoms with Crippen LogP contribution in [0.1, 0.15) is 15.9 Å². The van der Waals surface area contributed by atoms with Gasteiger partial charge in [0.25, 0.3) is 5.91 Å². The van der Waals surface area contributed by atoms with Gasteiger partial charge < -0.3 is 20.1 Å². The van der Waals surface area contributed by atoms with Crippen LogP contribution in [0, 0.1) is 0 Å².